The van der Waals surface area contributed by atoms with E-state index in [0.717, 1.165) is 30.1 Å². The van der Waals surface area contributed by atoms with Gasteiger partial charge in [-0.15, -0.1) is 23.1 Å². The molecule has 67 heavy (non-hydrogen) atoms. The Morgan fingerprint density at radius 2 is 1.22 bits per heavy atom. The summed E-state index contributed by atoms with van der Waals surface area (Å²) < 4.78 is 22.6. The van der Waals surface area contributed by atoms with E-state index in [2.05, 4.69) is 101 Å². The molecule has 348 valence electrons. The van der Waals surface area contributed by atoms with Crippen LogP contribution in [0.5, 0.6) is 23.0 Å². The van der Waals surface area contributed by atoms with Crippen LogP contribution in [0.15, 0.2) is 132 Å². The zero-order valence-electron chi connectivity index (χ0n) is 37.3. The van der Waals surface area contributed by atoms with E-state index < -0.39 is 43.4 Å². The molecule has 1 aliphatic heterocycles. The van der Waals surface area contributed by atoms with Gasteiger partial charge in [0.25, 0.3) is 0 Å². The second-order valence-electron chi connectivity index (χ2n) is 15.9. The molecule has 6 aromatic rings. The number of hydrogen-bond acceptors (Lipinski definition) is 13. The quantitative estimate of drug-likeness (QED) is 0.0357. The van der Waals surface area contributed by atoms with Gasteiger partial charge in [0.1, 0.15) is 15.8 Å². The van der Waals surface area contributed by atoms with Gasteiger partial charge in [-0.2, -0.15) is 0 Å². The normalized spacial score (nSPS) is 13.6. The van der Waals surface area contributed by atoms with Crippen molar-refractivity contribution in [3.8, 4) is 23.0 Å². The van der Waals surface area contributed by atoms with Crippen molar-refractivity contribution in [3.63, 3.8) is 0 Å². The summed E-state index contributed by atoms with van der Waals surface area (Å²) >= 11 is 2.69. The van der Waals surface area contributed by atoms with E-state index in [1.807, 2.05) is 0 Å². The number of ether oxygens (including phenoxy) is 4. The van der Waals surface area contributed by atoms with Crippen molar-refractivity contribution >= 4 is 91.6 Å². The molecule has 7 rings (SSSR count). The zero-order chi connectivity index (χ0) is 47.3. The minimum absolute atomic E-state index is 0.0129. The fourth-order valence-electron chi connectivity index (χ4n) is 7.85. The summed E-state index contributed by atoms with van der Waals surface area (Å²) in [6.45, 7) is 2.96. The minimum atomic E-state index is -2.40. The molecule has 0 unspecified atom stereocenters. The number of aliphatic imine (C=N–C) groups is 1. The van der Waals surface area contributed by atoms with Crippen molar-refractivity contribution in [2.75, 3.05) is 38.6 Å². The van der Waals surface area contributed by atoms with Crippen molar-refractivity contribution in [2.45, 2.75) is 45.6 Å². The molecular formula is C50H51N4O10PS2. The number of rotatable bonds is 19. The molecule has 1 aliphatic rings. The second-order valence-corrected chi connectivity index (χ2v) is 21.9. The first-order valence-electron chi connectivity index (χ1n) is 21.8. The van der Waals surface area contributed by atoms with Gasteiger partial charge in [0, 0.05) is 25.7 Å². The molecule has 0 saturated carbocycles. The molecular weight excluding hydrogens is 912 g/mol. The molecule has 0 aliphatic carbocycles. The summed E-state index contributed by atoms with van der Waals surface area (Å²) in [4.78, 5) is 73.9. The van der Waals surface area contributed by atoms with Gasteiger partial charge in [-0.05, 0) is 12.1 Å². The molecule has 14 nitrogen and oxygen atoms in total. The number of thioether (sulfide) groups is 1. The standard InChI is InChI=1S/C50H51N4O10PS2/c1-34(55)61-43-26-24-36(31-44(43)62-35(2)56)63-49(59)53(3)28-29-54(50(60)64-37-23-25-41-45(32-37)67-47(51-41)46-52-42(33-66-46)48(57)58)27-15-4-5-16-30-65(38-17-9-6-10-18-38,39-19-11-7-12-20-39)40-21-13-8-14-22-40/h6-14,17-26,31-32,42,65H,4-5,15-16,27-30,33H2,1-3H3,(H,57,58)/t42-/m1/s1. The molecule has 2 amide bonds. The predicted octanol–water partition coefficient (Wildman–Crippen LogP) is 8.31. The van der Waals surface area contributed by atoms with E-state index in [0.29, 0.717) is 40.0 Å². The van der Waals surface area contributed by atoms with Gasteiger partial charge in [0.05, 0.1) is 5.52 Å². The van der Waals surface area contributed by atoms with Crippen LogP contribution < -0.4 is 34.9 Å². The fraction of sp³-hybridized carbons (Fsp3) is 0.260. The number of thiazole rings is 1. The summed E-state index contributed by atoms with van der Waals surface area (Å²) in [5.74, 6) is -1.68. The van der Waals surface area contributed by atoms with E-state index >= 15 is 0 Å². The Balaban J connectivity index is 1.03. The molecule has 0 bridgehead atoms. The number of aliphatic carboxylic acids is 1. The smallest absolute Gasteiger partial charge is 0.308 e. The number of nitrogens with zero attached hydrogens (tertiary/aromatic N) is 4. The van der Waals surface area contributed by atoms with Crippen LogP contribution >= 0.6 is 30.4 Å². The first-order chi connectivity index (χ1) is 32.4. The molecule has 0 fully saturated rings. The summed E-state index contributed by atoms with van der Waals surface area (Å²) in [6, 6.07) is 40.8. The molecule has 0 saturated heterocycles. The number of hydrogen-bond donors (Lipinski definition) is 1. The molecule has 1 aromatic heterocycles. The number of unbranched alkanes of at least 4 members (excludes halogenated alkanes) is 3. The van der Waals surface area contributed by atoms with Gasteiger partial charge >= 0.3 is 260 Å². The average molecular weight is 963 g/mol. The summed E-state index contributed by atoms with van der Waals surface area (Å²) in [6.07, 6.45) is 3.11. The van der Waals surface area contributed by atoms with Gasteiger partial charge in [-0.3, -0.25) is 14.6 Å². The van der Waals surface area contributed by atoms with Crippen LogP contribution in [0.1, 0.15) is 44.5 Å². The molecule has 1 atom stereocenters. The maximum atomic E-state index is 14.0. The number of carbonyl (C=O) groups is 5. The van der Waals surface area contributed by atoms with Crippen molar-refractivity contribution in [3.05, 3.63) is 132 Å². The first kappa shape index (κ1) is 48.3. The van der Waals surface area contributed by atoms with Gasteiger partial charge in [0.2, 0.25) is 0 Å². The van der Waals surface area contributed by atoms with Crippen LogP contribution in [0.2, 0.25) is 0 Å². The van der Waals surface area contributed by atoms with Crippen molar-refractivity contribution in [1.82, 2.24) is 14.8 Å². The molecule has 1 N–H and O–H groups in total. The summed E-state index contributed by atoms with van der Waals surface area (Å²) in [5, 5.41) is 14.6. The third-order valence-electron chi connectivity index (χ3n) is 11.1. The number of fused-ring (bicyclic) bond motifs is 1. The zero-order valence-corrected chi connectivity index (χ0v) is 39.9. The largest absolute Gasteiger partial charge is 0.423 e. The molecule has 5 aromatic carbocycles. The average Bonchev–Trinajstić information content (AvgIpc) is 4.00. The first-order valence-corrected chi connectivity index (χ1v) is 25.8. The summed E-state index contributed by atoms with van der Waals surface area (Å²) in [7, 11) is -0.859. The Hall–Kier alpha value is -6.61. The molecule has 0 spiro atoms. The van der Waals surface area contributed by atoms with Crippen LogP contribution in [0, 0.1) is 0 Å². The molecule has 2 heterocycles. The number of amides is 2. The number of carbonyl (C=O) groups excluding carboxylic acids is 4. The number of esters is 2. The summed E-state index contributed by atoms with van der Waals surface area (Å²) in [5.41, 5.74) is 0.665. The number of likely N-dealkylation sites (N-methyl/N-ethyl adjacent to an activating group) is 1. The van der Waals surface area contributed by atoms with E-state index in [1.165, 1.54) is 83.0 Å². The van der Waals surface area contributed by atoms with Gasteiger partial charge in [0.15, 0.2) is 17.5 Å². The van der Waals surface area contributed by atoms with Crippen LogP contribution in [0.4, 0.5) is 9.59 Å². The van der Waals surface area contributed by atoms with Gasteiger partial charge in [-0.25, -0.2) is 9.78 Å². The Morgan fingerprint density at radius 1 is 0.657 bits per heavy atom. The Labute approximate surface area is 397 Å². The third kappa shape index (κ3) is 12.4. The number of benzene rings is 5. The van der Waals surface area contributed by atoms with Crippen molar-refractivity contribution in [2.24, 2.45) is 4.99 Å². The number of carboxylic acids is 1. The SMILES string of the molecule is CC(=O)Oc1ccc(OC(=O)N(C)CCN(CCCCCC[PH](c2ccccc2)(c2ccccc2)c2ccccc2)C(=O)Oc2ccc3nc(C4=N[C@@H](C(=O)O)CS4)sc3c2)cc1OC(C)=O. The van der Waals surface area contributed by atoms with Gasteiger partial charge < -0.3 is 14.6 Å². The third-order valence-corrected chi connectivity index (χ3v) is 18.4. The van der Waals surface area contributed by atoms with Crippen LogP contribution in [0.25, 0.3) is 10.2 Å². The van der Waals surface area contributed by atoms with E-state index in [4.69, 9.17) is 18.9 Å². The molecule has 0 radical (unpaired) electrons. The van der Waals surface area contributed by atoms with Crippen molar-refractivity contribution < 1.29 is 48.0 Å². The molecule has 17 heteroatoms. The van der Waals surface area contributed by atoms with Gasteiger partial charge in [-0.1, -0.05) is 0 Å². The van der Waals surface area contributed by atoms with E-state index in [9.17, 15) is 29.1 Å². The topological polar surface area (TPSA) is 174 Å². The van der Waals surface area contributed by atoms with E-state index in [-0.39, 0.29) is 30.3 Å². The maximum absolute atomic E-state index is 14.0. The Morgan fingerprint density at radius 3 is 1.82 bits per heavy atom. The Bertz CT molecular complexity index is 2640. The van der Waals surface area contributed by atoms with E-state index in [1.54, 1.807) is 23.1 Å². The Kier molecular flexibility index (Phi) is 16.4. The van der Waals surface area contributed by atoms with Crippen LogP contribution in [-0.2, 0) is 14.4 Å². The fourth-order valence-corrected chi connectivity index (χ4v) is 14.9. The predicted molar refractivity (Wildman–Crippen MR) is 265 cm³/mol. The number of carboxylic acid groups (broad SMARTS) is 1. The van der Waals surface area contributed by atoms with Crippen LogP contribution in [0.3, 0.4) is 0 Å². The second kappa shape index (κ2) is 22.7. The number of aromatic nitrogens is 1. The van der Waals surface area contributed by atoms with Crippen LogP contribution in [-0.4, -0.2) is 99.7 Å². The minimum Gasteiger partial charge on any atom is -0.423 e. The maximum Gasteiger partial charge on any atom is 0.308 e. The van der Waals surface area contributed by atoms with Crippen molar-refractivity contribution in [1.29, 1.82) is 0 Å². The monoisotopic (exact) mass is 962 g/mol.